The van der Waals surface area contributed by atoms with Crippen LogP contribution in [0.4, 0.5) is 0 Å². The van der Waals surface area contributed by atoms with Crippen LogP contribution in [-0.4, -0.2) is 40.8 Å². The van der Waals surface area contributed by atoms with Crippen molar-refractivity contribution in [1.82, 2.24) is 5.32 Å². The number of aliphatic hydroxyl groups is 1. The highest BCUT2D eigenvalue weighted by Crippen LogP contribution is 2.27. The molecule has 0 aliphatic carbocycles. The van der Waals surface area contributed by atoms with Crippen molar-refractivity contribution in [2.45, 2.75) is 19.1 Å². The standard InChI is InChI=1S/C12H13BrClNO5/c1-6(16)11(12(18)19)15-10(17)5-20-9-3-2-7(13)4-8(9)14/h2-4,6,11,16H,5H2,1H3,(H,15,17)(H,18,19). The van der Waals surface area contributed by atoms with Crippen molar-refractivity contribution < 1.29 is 24.5 Å². The summed E-state index contributed by atoms with van der Waals surface area (Å²) in [6.07, 6.45) is -1.22. The Morgan fingerprint density at radius 2 is 2.15 bits per heavy atom. The molecule has 0 spiro atoms. The van der Waals surface area contributed by atoms with Crippen LogP contribution in [0, 0.1) is 0 Å². The highest BCUT2D eigenvalue weighted by atomic mass is 79.9. The Balaban J connectivity index is 2.57. The van der Waals surface area contributed by atoms with Gasteiger partial charge in [-0.25, -0.2) is 4.79 Å². The fourth-order valence-electron chi connectivity index (χ4n) is 1.34. The van der Waals surface area contributed by atoms with Gasteiger partial charge in [-0.2, -0.15) is 0 Å². The number of aliphatic carboxylic acids is 1. The van der Waals surface area contributed by atoms with Gasteiger partial charge in [0.25, 0.3) is 5.91 Å². The Kier molecular flexibility index (Phi) is 6.25. The van der Waals surface area contributed by atoms with E-state index in [4.69, 9.17) is 21.4 Å². The van der Waals surface area contributed by atoms with Crippen LogP contribution in [0.15, 0.2) is 22.7 Å². The first-order chi connectivity index (χ1) is 9.31. The Morgan fingerprint density at radius 1 is 1.50 bits per heavy atom. The number of amides is 1. The summed E-state index contributed by atoms with van der Waals surface area (Å²) >= 11 is 9.13. The van der Waals surface area contributed by atoms with Gasteiger partial charge in [-0.1, -0.05) is 27.5 Å². The molecule has 0 fully saturated rings. The number of carboxylic acid groups (broad SMARTS) is 1. The first kappa shape index (κ1) is 16.7. The zero-order valence-corrected chi connectivity index (χ0v) is 12.8. The third kappa shape index (κ3) is 4.99. The molecule has 1 rings (SSSR count). The van der Waals surface area contributed by atoms with Crippen LogP contribution in [0.2, 0.25) is 5.02 Å². The van der Waals surface area contributed by atoms with Crippen molar-refractivity contribution >= 4 is 39.4 Å². The summed E-state index contributed by atoms with van der Waals surface area (Å²) in [5.74, 6) is -1.69. The molecule has 0 heterocycles. The molecule has 1 amide bonds. The predicted octanol–water partition coefficient (Wildman–Crippen LogP) is 1.43. The third-order valence-corrected chi connectivity index (χ3v) is 3.11. The maximum absolute atomic E-state index is 11.6. The van der Waals surface area contributed by atoms with E-state index in [1.807, 2.05) is 0 Å². The van der Waals surface area contributed by atoms with Gasteiger partial charge in [0.15, 0.2) is 12.6 Å². The van der Waals surface area contributed by atoms with Gasteiger partial charge < -0.3 is 20.3 Å². The quantitative estimate of drug-likeness (QED) is 0.708. The van der Waals surface area contributed by atoms with Crippen LogP contribution in [0.3, 0.4) is 0 Å². The van der Waals surface area contributed by atoms with Crippen molar-refractivity contribution in [2.75, 3.05) is 6.61 Å². The van der Waals surface area contributed by atoms with Gasteiger partial charge in [0.1, 0.15) is 5.75 Å². The van der Waals surface area contributed by atoms with E-state index in [1.54, 1.807) is 18.2 Å². The lowest BCUT2D eigenvalue weighted by atomic mass is 10.2. The molecule has 0 bridgehead atoms. The van der Waals surface area contributed by atoms with E-state index < -0.39 is 30.6 Å². The molecule has 0 saturated heterocycles. The Bertz CT molecular complexity index is 509. The minimum absolute atomic E-state index is 0.300. The van der Waals surface area contributed by atoms with Gasteiger partial charge in [-0.15, -0.1) is 0 Å². The van der Waals surface area contributed by atoms with Crippen molar-refractivity contribution in [3.63, 3.8) is 0 Å². The largest absolute Gasteiger partial charge is 0.482 e. The maximum Gasteiger partial charge on any atom is 0.328 e. The number of carboxylic acids is 1. The minimum atomic E-state index is -1.38. The molecule has 1 aromatic rings. The summed E-state index contributed by atoms with van der Waals surface area (Å²) in [5, 5.41) is 20.5. The highest BCUT2D eigenvalue weighted by molar-refractivity contribution is 9.10. The van der Waals surface area contributed by atoms with Crippen molar-refractivity contribution in [3.8, 4) is 5.75 Å². The summed E-state index contributed by atoms with van der Waals surface area (Å²) in [6, 6.07) is 3.48. The van der Waals surface area contributed by atoms with Gasteiger partial charge in [-0.05, 0) is 25.1 Å². The second-order valence-corrected chi connectivity index (χ2v) is 5.31. The molecule has 3 N–H and O–H groups in total. The number of carbonyl (C=O) groups excluding carboxylic acids is 1. The first-order valence-electron chi connectivity index (χ1n) is 5.59. The smallest absolute Gasteiger partial charge is 0.328 e. The number of hydrogen-bond donors (Lipinski definition) is 3. The number of rotatable bonds is 6. The first-order valence-corrected chi connectivity index (χ1v) is 6.76. The number of carbonyl (C=O) groups is 2. The molecular formula is C12H13BrClNO5. The van der Waals surface area contributed by atoms with E-state index in [2.05, 4.69) is 21.2 Å². The normalized spacial score (nSPS) is 13.4. The number of hydrogen-bond acceptors (Lipinski definition) is 4. The van der Waals surface area contributed by atoms with Crippen LogP contribution in [0.5, 0.6) is 5.75 Å². The van der Waals surface area contributed by atoms with E-state index in [0.717, 1.165) is 4.47 Å². The summed E-state index contributed by atoms with van der Waals surface area (Å²) in [6.45, 7) is 0.864. The molecule has 2 atom stereocenters. The van der Waals surface area contributed by atoms with Crippen LogP contribution in [0.1, 0.15) is 6.92 Å². The number of halogens is 2. The molecule has 0 aromatic heterocycles. The van der Waals surface area contributed by atoms with E-state index in [-0.39, 0.29) is 0 Å². The average molecular weight is 367 g/mol. The monoisotopic (exact) mass is 365 g/mol. The molecule has 0 radical (unpaired) electrons. The SMILES string of the molecule is CC(O)C(NC(=O)COc1ccc(Br)cc1Cl)C(=O)O. The van der Waals surface area contributed by atoms with Crippen LogP contribution < -0.4 is 10.1 Å². The van der Waals surface area contributed by atoms with Gasteiger partial charge >= 0.3 is 5.97 Å². The highest BCUT2D eigenvalue weighted by Gasteiger charge is 2.25. The number of nitrogens with one attached hydrogen (secondary N) is 1. The summed E-state index contributed by atoms with van der Waals surface area (Å²) < 4.78 is 5.94. The number of aliphatic hydroxyl groups excluding tert-OH is 1. The van der Waals surface area contributed by atoms with Crippen LogP contribution >= 0.6 is 27.5 Å². The molecule has 2 unspecified atom stereocenters. The number of ether oxygens (including phenoxy) is 1. The fourth-order valence-corrected chi connectivity index (χ4v) is 2.07. The minimum Gasteiger partial charge on any atom is -0.482 e. The maximum atomic E-state index is 11.6. The second-order valence-electron chi connectivity index (χ2n) is 3.99. The average Bonchev–Trinajstić information content (AvgIpc) is 2.34. The lowest BCUT2D eigenvalue weighted by molar-refractivity contribution is -0.145. The summed E-state index contributed by atoms with van der Waals surface area (Å²) in [7, 11) is 0. The fraction of sp³-hybridized carbons (Fsp3) is 0.333. The second kappa shape index (κ2) is 7.47. The van der Waals surface area contributed by atoms with E-state index in [9.17, 15) is 14.7 Å². The molecule has 1 aromatic carbocycles. The molecular weight excluding hydrogens is 353 g/mol. The van der Waals surface area contributed by atoms with Crippen molar-refractivity contribution in [1.29, 1.82) is 0 Å². The Labute approximate surface area is 128 Å². The number of benzene rings is 1. The summed E-state index contributed by atoms with van der Waals surface area (Å²) in [5.41, 5.74) is 0. The molecule has 6 nitrogen and oxygen atoms in total. The predicted molar refractivity (Wildman–Crippen MR) is 75.9 cm³/mol. The molecule has 0 aliphatic rings. The lowest BCUT2D eigenvalue weighted by Crippen LogP contribution is -2.49. The van der Waals surface area contributed by atoms with Gasteiger partial charge in [-0.3, -0.25) is 4.79 Å². The van der Waals surface area contributed by atoms with E-state index >= 15 is 0 Å². The molecule has 110 valence electrons. The lowest BCUT2D eigenvalue weighted by Gasteiger charge is -2.17. The van der Waals surface area contributed by atoms with Gasteiger partial charge in [0.2, 0.25) is 0 Å². The zero-order chi connectivity index (χ0) is 15.3. The molecule has 0 saturated carbocycles. The molecule has 0 aliphatic heterocycles. The Morgan fingerprint density at radius 3 is 2.65 bits per heavy atom. The van der Waals surface area contributed by atoms with Crippen molar-refractivity contribution in [3.05, 3.63) is 27.7 Å². The van der Waals surface area contributed by atoms with Gasteiger partial charge in [0, 0.05) is 4.47 Å². The van der Waals surface area contributed by atoms with Crippen molar-refractivity contribution in [2.24, 2.45) is 0 Å². The van der Waals surface area contributed by atoms with E-state index in [0.29, 0.717) is 10.8 Å². The topological polar surface area (TPSA) is 95.9 Å². The summed E-state index contributed by atoms with van der Waals surface area (Å²) in [4.78, 5) is 22.4. The van der Waals surface area contributed by atoms with Crippen LogP contribution in [0.25, 0.3) is 0 Å². The third-order valence-electron chi connectivity index (χ3n) is 2.32. The zero-order valence-electron chi connectivity index (χ0n) is 10.5. The van der Waals surface area contributed by atoms with E-state index in [1.165, 1.54) is 6.92 Å². The van der Waals surface area contributed by atoms with Crippen LogP contribution in [-0.2, 0) is 9.59 Å². The molecule has 8 heteroatoms. The Hall–Kier alpha value is -1.31. The molecule has 20 heavy (non-hydrogen) atoms. The van der Waals surface area contributed by atoms with Gasteiger partial charge in [0.05, 0.1) is 11.1 Å².